The minimum atomic E-state index is -0.750. The molecule has 1 saturated heterocycles. The first-order valence-electron chi connectivity index (χ1n) is 5.90. The number of benzene rings is 1. The van der Waals surface area contributed by atoms with Crippen LogP contribution in [0.3, 0.4) is 0 Å². The Labute approximate surface area is 105 Å². The van der Waals surface area contributed by atoms with Gasteiger partial charge in [0.15, 0.2) is 12.2 Å². The van der Waals surface area contributed by atoms with Crippen molar-refractivity contribution in [3.63, 3.8) is 0 Å². The highest BCUT2D eigenvalue weighted by Gasteiger charge is 2.51. The number of rotatable bonds is 5. The van der Waals surface area contributed by atoms with Gasteiger partial charge < -0.3 is 14.8 Å². The molecule has 0 saturated carbocycles. The Morgan fingerprint density at radius 2 is 2.00 bits per heavy atom. The molecule has 5 nitrogen and oxygen atoms in total. The molecule has 1 aromatic carbocycles. The summed E-state index contributed by atoms with van der Waals surface area (Å²) in [6.45, 7) is 2.26. The van der Waals surface area contributed by atoms with Crippen LogP contribution >= 0.6 is 0 Å². The second-order valence-corrected chi connectivity index (χ2v) is 4.00. The number of hydrogen-bond donors (Lipinski definition) is 1. The lowest BCUT2D eigenvalue weighted by molar-refractivity contribution is -0.145. The molecular formula is C13H15NO4. The summed E-state index contributed by atoms with van der Waals surface area (Å²) in [5.41, 5.74) is 0.679. The molecule has 1 N–H and O–H groups in total. The Kier molecular flexibility index (Phi) is 3.94. The number of amides is 1. The third kappa shape index (κ3) is 3.07. The fourth-order valence-electron chi connectivity index (χ4n) is 1.51. The smallest absolute Gasteiger partial charge is 0.338 e. The molecule has 0 bridgehead atoms. The van der Waals surface area contributed by atoms with Gasteiger partial charge in [0.2, 0.25) is 0 Å². The first-order valence-corrected chi connectivity index (χ1v) is 5.90. The van der Waals surface area contributed by atoms with Gasteiger partial charge in [-0.1, -0.05) is 25.1 Å². The van der Waals surface area contributed by atoms with E-state index in [1.54, 1.807) is 12.1 Å². The molecule has 1 amide bonds. The maximum absolute atomic E-state index is 11.7. The lowest BCUT2D eigenvalue weighted by Gasteiger charge is -2.02. The van der Waals surface area contributed by atoms with Gasteiger partial charge in [-0.3, -0.25) is 4.79 Å². The van der Waals surface area contributed by atoms with E-state index in [0.717, 1.165) is 6.42 Å². The van der Waals surface area contributed by atoms with Gasteiger partial charge in [-0.25, -0.2) is 4.79 Å². The highest BCUT2D eigenvalue weighted by atomic mass is 16.6. The Morgan fingerprint density at radius 1 is 1.28 bits per heavy atom. The normalized spacial score (nSPS) is 21.2. The molecule has 0 spiro atoms. The van der Waals surface area contributed by atoms with Crippen molar-refractivity contribution in [3.8, 4) is 0 Å². The van der Waals surface area contributed by atoms with E-state index >= 15 is 0 Å². The predicted octanol–water partition coefficient (Wildman–Crippen LogP) is 1.35. The van der Waals surface area contributed by atoms with E-state index in [-0.39, 0.29) is 5.91 Å². The maximum Gasteiger partial charge on any atom is 0.338 e. The van der Waals surface area contributed by atoms with E-state index in [1.165, 1.54) is 0 Å². The average Bonchev–Trinajstić information content (AvgIpc) is 3.17. The number of anilines is 1. The second-order valence-electron chi connectivity index (χ2n) is 4.00. The molecule has 0 aromatic heterocycles. The van der Waals surface area contributed by atoms with Gasteiger partial charge in [0.1, 0.15) is 0 Å². The molecule has 2 unspecified atom stereocenters. The van der Waals surface area contributed by atoms with Crippen molar-refractivity contribution in [3.05, 3.63) is 30.3 Å². The van der Waals surface area contributed by atoms with E-state index in [0.29, 0.717) is 12.3 Å². The van der Waals surface area contributed by atoms with Gasteiger partial charge in [0, 0.05) is 5.69 Å². The molecule has 1 heterocycles. The second kappa shape index (κ2) is 5.64. The van der Waals surface area contributed by atoms with Gasteiger partial charge in [-0.2, -0.15) is 0 Å². The van der Waals surface area contributed by atoms with Crippen LogP contribution in [0.5, 0.6) is 0 Å². The van der Waals surface area contributed by atoms with Crippen LogP contribution in [0, 0.1) is 0 Å². The van der Waals surface area contributed by atoms with Crippen molar-refractivity contribution in [1.82, 2.24) is 0 Å². The van der Waals surface area contributed by atoms with Crippen LogP contribution in [0.1, 0.15) is 13.3 Å². The predicted molar refractivity (Wildman–Crippen MR) is 65.0 cm³/mol. The molecule has 2 atom stereocenters. The fourth-order valence-corrected chi connectivity index (χ4v) is 1.51. The zero-order chi connectivity index (χ0) is 13.0. The van der Waals surface area contributed by atoms with Gasteiger partial charge in [0.05, 0.1) is 6.61 Å². The van der Waals surface area contributed by atoms with Crippen LogP contribution in [0.15, 0.2) is 30.3 Å². The SMILES string of the molecule is CCCOC(=O)C1OC1C(=O)Nc1ccccc1. The topological polar surface area (TPSA) is 67.9 Å². The maximum atomic E-state index is 11.7. The van der Waals surface area contributed by atoms with Crippen molar-refractivity contribution in [1.29, 1.82) is 0 Å². The summed E-state index contributed by atoms with van der Waals surface area (Å²) in [7, 11) is 0. The standard InChI is InChI=1S/C13H15NO4/c1-2-8-17-13(16)11-10(18-11)12(15)14-9-6-4-3-5-7-9/h3-7,10-11H,2,8H2,1H3,(H,14,15). The van der Waals surface area contributed by atoms with Gasteiger partial charge in [0.25, 0.3) is 5.91 Å². The summed E-state index contributed by atoms with van der Waals surface area (Å²) < 4.78 is 9.93. The number of ether oxygens (including phenoxy) is 2. The molecule has 5 heteroatoms. The van der Waals surface area contributed by atoms with Gasteiger partial charge in [-0.15, -0.1) is 0 Å². The number of epoxide rings is 1. The quantitative estimate of drug-likeness (QED) is 0.631. The largest absolute Gasteiger partial charge is 0.464 e. The molecule has 1 fully saturated rings. The Hall–Kier alpha value is -1.88. The summed E-state index contributed by atoms with van der Waals surface area (Å²) in [6, 6.07) is 9.02. The van der Waals surface area contributed by atoms with E-state index < -0.39 is 18.2 Å². The molecular weight excluding hydrogens is 234 g/mol. The molecule has 0 radical (unpaired) electrons. The highest BCUT2D eigenvalue weighted by Crippen LogP contribution is 2.25. The molecule has 1 aromatic rings. The lowest BCUT2D eigenvalue weighted by atomic mass is 10.2. The average molecular weight is 249 g/mol. The first-order chi connectivity index (χ1) is 8.72. The molecule has 1 aliphatic rings. The summed E-state index contributed by atoms with van der Waals surface area (Å²) in [5, 5.41) is 2.67. The summed E-state index contributed by atoms with van der Waals surface area (Å²) in [4.78, 5) is 23.1. The summed E-state index contributed by atoms with van der Waals surface area (Å²) in [6.07, 6.45) is -0.728. The Balaban J connectivity index is 1.81. The third-order valence-electron chi connectivity index (χ3n) is 2.47. The van der Waals surface area contributed by atoms with E-state index in [9.17, 15) is 9.59 Å². The highest BCUT2D eigenvalue weighted by molar-refractivity contribution is 6.00. The molecule has 0 aliphatic carbocycles. The summed E-state index contributed by atoms with van der Waals surface area (Å²) >= 11 is 0. The zero-order valence-electron chi connectivity index (χ0n) is 10.1. The van der Waals surface area contributed by atoms with Crippen LogP contribution in [0.4, 0.5) is 5.69 Å². The van der Waals surface area contributed by atoms with Gasteiger partial charge in [-0.05, 0) is 18.6 Å². The number of hydrogen-bond acceptors (Lipinski definition) is 4. The molecule has 96 valence electrons. The molecule has 18 heavy (non-hydrogen) atoms. The molecule has 1 aliphatic heterocycles. The zero-order valence-corrected chi connectivity index (χ0v) is 10.1. The van der Waals surface area contributed by atoms with Crippen LogP contribution in [-0.2, 0) is 19.1 Å². The minimum absolute atomic E-state index is 0.320. The van der Waals surface area contributed by atoms with Crippen molar-refractivity contribution < 1.29 is 19.1 Å². The Bertz CT molecular complexity index is 432. The number of nitrogens with one attached hydrogen (secondary N) is 1. The van der Waals surface area contributed by atoms with E-state index in [4.69, 9.17) is 9.47 Å². The van der Waals surface area contributed by atoms with Crippen molar-refractivity contribution in [2.75, 3.05) is 11.9 Å². The number of para-hydroxylation sites is 1. The summed E-state index contributed by atoms with van der Waals surface area (Å²) in [5.74, 6) is -0.787. The van der Waals surface area contributed by atoms with Crippen molar-refractivity contribution >= 4 is 17.6 Å². The van der Waals surface area contributed by atoms with E-state index in [2.05, 4.69) is 5.32 Å². The van der Waals surface area contributed by atoms with Crippen LogP contribution in [-0.4, -0.2) is 30.7 Å². The Morgan fingerprint density at radius 3 is 2.67 bits per heavy atom. The van der Waals surface area contributed by atoms with Crippen LogP contribution in [0.2, 0.25) is 0 Å². The molecule has 2 rings (SSSR count). The van der Waals surface area contributed by atoms with Gasteiger partial charge >= 0.3 is 5.97 Å². The first kappa shape index (κ1) is 12.6. The number of carbonyl (C=O) groups is 2. The number of carbonyl (C=O) groups excluding carboxylic acids is 2. The van der Waals surface area contributed by atoms with Crippen molar-refractivity contribution in [2.24, 2.45) is 0 Å². The third-order valence-corrected chi connectivity index (χ3v) is 2.47. The van der Waals surface area contributed by atoms with Crippen molar-refractivity contribution in [2.45, 2.75) is 25.6 Å². The minimum Gasteiger partial charge on any atom is -0.464 e. The van der Waals surface area contributed by atoms with Crippen LogP contribution < -0.4 is 5.32 Å². The van der Waals surface area contributed by atoms with E-state index in [1.807, 2.05) is 25.1 Å². The lowest BCUT2D eigenvalue weighted by Crippen LogP contribution is -2.24. The number of esters is 1. The van der Waals surface area contributed by atoms with Crippen LogP contribution in [0.25, 0.3) is 0 Å². The monoisotopic (exact) mass is 249 g/mol. The fraction of sp³-hybridized carbons (Fsp3) is 0.385.